The Morgan fingerprint density at radius 3 is 2.33 bits per heavy atom. The Morgan fingerprint density at radius 1 is 1.27 bits per heavy atom. The van der Waals surface area contributed by atoms with Crippen molar-refractivity contribution in [1.82, 2.24) is 0 Å². The Labute approximate surface area is 97.5 Å². The van der Waals surface area contributed by atoms with E-state index in [9.17, 15) is 4.79 Å². The lowest BCUT2D eigenvalue weighted by Crippen LogP contribution is -2.01. The molecule has 3 nitrogen and oxygen atoms in total. The molecule has 0 saturated heterocycles. The minimum absolute atomic E-state index is 0.0951. The van der Waals surface area contributed by atoms with Crippen molar-refractivity contribution >= 4 is 21.7 Å². The SMILES string of the molecule is COc1c(Br)ccc(CC(C)=O)c1OC. The lowest BCUT2D eigenvalue weighted by Gasteiger charge is -2.13. The van der Waals surface area contributed by atoms with Gasteiger partial charge in [0.15, 0.2) is 11.5 Å². The molecule has 0 radical (unpaired) electrons. The molecule has 0 atom stereocenters. The molecule has 0 aromatic heterocycles. The van der Waals surface area contributed by atoms with Gasteiger partial charge in [0.25, 0.3) is 0 Å². The van der Waals surface area contributed by atoms with Crippen LogP contribution in [0.4, 0.5) is 0 Å². The van der Waals surface area contributed by atoms with E-state index < -0.39 is 0 Å². The summed E-state index contributed by atoms with van der Waals surface area (Å²) in [5.74, 6) is 1.33. The quantitative estimate of drug-likeness (QED) is 0.845. The highest BCUT2D eigenvalue weighted by atomic mass is 79.9. The van der Waals surface area contributed by atoms with Crippen LogP contribution in [0.25, 0.3) is 0 Å². The van der Waals surface area contributed by atoms with Crippen LogP contribution in [0.1, 0.15) is 12.5 Å². The van der Waals surface area contributed by atoms with Crippen molar-refractivity contribution in [2.24, 2.45) is 0 Å². The van der Waals surface area contributed by atoms with Gasteiger partial charge in [0.05, 0.1) is 18.7 Å². The van der Waals surface area contributed by atoms with E-state index in [0.717, 1.165) is 10.0 Å². The van der Waals surface area contributed by atoms with Crippen molar-refractivity contribution < 1.29 is 14.3 Å². The summed E-state index contributed by atoms with van der Waals surface area (Å²) in [6.45, 7) is 1.55. The second kappa shape index (κ2) is 5.16. The van der Waals surface area contributed by atoms with Gasteiger partial charge in [0.1, 0.15) is 5.78 Å². The fraction of sp³-hybridized carbons (Fsp3) is 0.364. The van der Waals surface area contributed by atoms with Crippen molar-refractivity contribution in [3.63, 3.8) is 0 Å². The molecule has 1 aromatic carbocycles. The van der Waals surface area contributed by atoms with E-state index in [4.69, 9.17) is 9.47 Å². The van der Waals surface area contributed by atoms with E-state index in [1.807, 2.05) is 12.1 Å². The summed E-state index contributed by atoms with van der Waals surface area (Å²) in [4.78, 5) is 11.1. The van der Waals surface area contributed by atoms with Crippen molar-refractivity contribution in [3.8, 4) is 11.5 Å². The molecule has 0 bridgehead atoms. The van der Waals surface area contributed by atoms with Crippen LogP contribution in [-0.2, 0) is 11.2 Å². The van der Waals surface area contributed by atoms with Crippen LogP contribution in [0.15, 0.2) is 16.6 Å². The summed E-state index contributed by atoms with van der Waals surface area (Å²) in [5, 5.41) is 0. The molecule has 0 saturated carbocycles. The van der Waals surface area contributed by atoms with Crippen LogP contribution in [0.5, 0.6) is 11.5 Å². The maximum absolute atomic E-state index is 11.1. The molecule has 0 aliphatic rings. The first-order valence-corrected chi connectivity index (χ1v) is 5.28. The minimum Gasteiger partial charge on any atom is -0.493 e. The molecule has 15 heavy (non-hydrogen) atoms. The number of ether oxygens (including phenoxy) is 2. The fourth-order valence-electron chi connectivity index (χ4n) is 1.40. The van der Waals surface area contributed by atoms with E-state index in [1.165, 1.54) is 0 Å². The number of hydrogen-bond donors (Lipinski definition) is 0. The number of hydrogen-bond acceptors (Lipinski definition) is 3. The number of carbonyl (C=O) groups excluding carboxylic acids is 1. The van der Waals surface area contributed by atoms with Gasteiger partial charge in [0.2, 0.25) is 0 Å². The molecule has 0 aliphatic heterocycles. The average Bonchev–Trinajstić information content (AvgIpc) is 2.19. The van der Waals surface area contributed by atoms with E-state index in [-0.39, 0.29) is 5.78 Å². The standard InChI is InChI=1S/C11H13BrO3/c1-7(13)6-8-4-5-9(12)11(15-3)10(8)14-2/h4-5H,6H2,1-3H3. The van der Waals surface area contributed by atoms with Crippen LogP contribution in [0.2, 0.25) is 0 Å². The third-order valence-electron chi connectivity index (χ3n) is 1.99. The maximum atomic E-state index is 11.1. The largest absolute Gasteiger partial charge is 0.493 e. The van der Waals surface area contributed by atoms with Crippen LogP contribution in [-0.4, -0.2) is 20.0 Å². The molecule has 1 aromatic rings. The van der Waals surface area contributed by atoms with Crippen LogP contribution in [0, 0.1) is 0 Å². The first kappa shape index (κ1) is 12.0. The number of ketones is 1. The maximum Gasteiger partial charge on any atom is 0.175 e. The van der Waals surface area contributed by atoms with Crippen LogP contribution in [0.3, 0.4) is 0 Å². The molecule has 0 unspecified atom stereocenters. The smallest absolute Gasteiger partial charge is 0.175 e. The highest BCUT2D eigenvalue weighted by Crippen LogP contribution is 2.38. The third-order valence-corrected chi connectivity index (χ3v) is 2.62. The Morgan fingerprint density at radius 2 is 1.87 bits per heavy atom. The van der Waals surface area contributed by atoms with E-state index in [2.05, 4.69) is 15.9 Å². The van der Waals surface area contributed by atoms with E-state index in [1.54, 1.807) is 21.1 Å². The van der Waals surface area contributed by atoms with Gasteiger partial charge in [0, 0.05) is 12.0 Å². The van der Waals surface area contributed by atoms with Gasteiger partial charge in [-0.25, -0.2) is 0 Å². The Bertz CT molecular complexity index is 374. The zero-order chi connectivity index (χ0) is 11.4. The molecule has 0 heterocycles. The highest BCUT2D eigenvalue weighted by Gasteiger charge is 2.14. The van der Waals surface area contributed by atoms with Crippen molar-refractivity contribution in [2.45, 2.75) is 13.3 Å². The molecular formula is C11H13BrO3. The lowest BCUT2D eigenvalue weighted by atomic mass is 10.1. The molecule has 0 N–H and O–H groups in total. The predicted molar refractivity (Wildman–Crippen MR) is 61.6 cm³/mol. The van der Waals surface area contributed by atoms with Gasteiger partial charge < -0.3 is 9.47 Å². The Kier molecular flexibility index (Phi) is 4.15. The summed E-state index contributed by atoms with van der Waals surface area (Å²) < 4.78 is 11.3. The van der Waals surface area contributed by atoms with Crippen LogP contribution < -0.4 is 9.47 Å². The van der Waals surface area contributed by atoms with E-state index in [0.29, 0.717) is 17.9 Å². The summed E-state index contributed by atoms with van der Waals surface area (Å²) in [6.07, 6.45) is 0.354. The van der Waals surface area contributed by atoms with Gasteiger partial charge in [-0.05, 0) is 28.9 Å². The summed E-state index contributed by atoms with van der Waals surface area (Å²) in [7, 11) is 3.13. The molecule has 0 amide bonds. The number of halogens is 1. The Balaban J connectivity index is 3.22. The minimum atomic E-state index is 0.0951. The normalized spacial score (nSPS) is 9.87. The second-order valence-electron chi connectivity index (χ2n) is 3.15. The molecule has 1 rings (SSSR count). The third kappa shape index (κ3) is 2.72. The summed E-state index contributed by atoms with van der Waals surface area (Å²) in [5.41, 5.74) is 0.838. The van der Waals surface area contributed by atoms with Gasteiger partial charge in [-0.15, -0.1) is 0 Å². The van der Waals surface area contributed by atoms with Gasteiger partial charge >= 0.3 is 0 Å². The number of carbonyl (C=O) groups is 1. The number of Topliss-reactive ketones (excluding diaryl/α,β-unsaturated/α-hetero) is 1. The van der Waals surface area contributed by atoms with Crippen molar-refractivity contribution in [3.05, 3.63) is 22.2 Å². The average molecular weight is 273 g/mol. The second-order valence-corrected chi connectivity index (χ2v) is 4.01. The monoisotopic (exact) mass is 272 g/mol. The molecule has 82 valence electrons. The Hall–Kier alpha value is -1.03. The first-order valence-electron chi connectivity index (χ1n) is 4.49. The lowest BCUT2D eigenvalue weighted by molar-refractivity contribution is -0.116. The van der Waals surface area contributed by atoms with Crippen molar-refractivity contribution in [2.75, 3.05) is 14.2 Å². The zero-order valence-corrected chi connectivity index (χ0v) is 10.6. The molecule has 0 spiro atoms. The fourth-order valence-corrected chi connectivity index (χ4v) is 1.87. The first-order chi connectivity index (χ1) is 7.10. The number of rotatable bonds is 4. The molecule has 0 aliphatic carbocycles. The molecule has 0 fully saturated rings. The van der Waals surface area contributed by atoms with Crippen LogP contribution >= 0.6 is 15.9 Å². The molecular weight excluding hydrogens is 260 g/mol. The van der Waals surface area contributed by atoms with E-state index >= 15 is 0 Å². The summed E-state index contributed by atoms with van der Waals surface area (Å²) in [6, 6.07) is 3.70. The predicted octanol–water partition coefficient (Wildman–Crippen LogP) is 2.60. The summed E-state index contributed by atoms with van der Waals surface area (Å²) >= 11 is 3.36. The van der Waals surface area contributed by atoms with Crippen molar-refractivity contribution in [1.29, 1.82) is 0 Å². The number of methoxy groups -OCH3 is 2. The topological polar surface area (TPSA) is 35.5 Å². The van der Waals surface area contributed by atoms with Gasteiger partial charge in [-0.1, -0.05) is 6.07 Å². The number of benzene rings is 1. The van der Waals surface area contributed by atoms with Gasteiger partial charge in [-0.3, -0.25) is 4.79 Å². The molecule has 4 heteroatoms. The van der Waals surface area contributed by atoms with Gasteiger partial charge in [-0.2, -0.15) is 0 Å². The zero-order valence-electron chi connectivity index (χ0n) is 8.96. The highest BCUT2D eigenvalue weighted by molar-refractivity contribution is 9.10.